The lowest BCUT2D eigenvalue weighted by Gasteiger charge is -2.54. The maximum Gasteiger partial charge on any atom is 0.315 e. The van der Waals surface area contributed by atoms with E-state index in [2.05, 4.69) is 29.4 Å². The first-order valence-electron chi connectivity index (χ1n) is 10.4. The van der Waals surface area contributed by atoms with Gasteiger partial charge in [0, 0.05) is 49.7 Å². The van der Waals surface area contributed by atoms with E-state index in [9.17, 15) is 4.79 Å². The van der Waals surface area contributed by atoms with Crippen LogP contribution in [0.1, 0.15) is 58.8 Å². The average Bonchev–Trinajstić information content (AvgIpc) is 3.25. The Hall–Kier alpha value is -0.810. The molecule has 2 aliphatic carbocycles. The first-order chi connectivity index (χ1) is 12.0. The van der Waals surface area contributed by atoms with E-state index in [4.69, 9.17) is 4.74 Å². The Balaban J connectivity index is 1.19. The van der Waals surface area contributed by atoms with Crippen LogP contribution in [0, 0.1) is 17.3 Å². The van der Waals surface area contributed by atoms with Crippen LogP contribution >= 0.6 is 0 Å². The zero-order chi connectivity index (χ0) is 17.4. The van der Waals surface area contributed by atoms with Crippen LogP contribution in [-0.4, -0.2) is 55.4 Å². The van der Waals surface area contributed by atoms with Gasteiger partial charge in [-0.05, 0) is 38.0 Å². The lowest BCUT2D eigenvalue weighted by molar-refractivity contribution is -0.108. The van der Waals surface area contributed by atoms with Crippen LogP contribution in [-0.2, 0) is 4.74 Å². The third-order valence-electron chi connectivity index (χ3n) is 7.30. The maximum atomic E-state index is 12.5. The van der Waals surface area contributed by atoms with E-state index in [0.29, 0.717) is 18.1 Å². The van der Waals surface area contributed by atoms with Crippen molar-refractivity contribution < 1.29 is 9.53 Å². The van der Waals surface area contributed by atoms with Crippen molar-refractivity contribution in [2.24, 2.45) is 17.3 Å². The highest BCUT2D eigenvalue weighted by molar-refractivity contribution is 5.75. The van der Waals surface area contributed by atoms with E-state index in [1.807, 2.05) is 0 Å². The van der Waals surface area contributed by atoms with E-state index >= 15 is 0 Å². The standard InChI is InChI=1S/C20H35N3O2/c1-20(2)17(16-9-12-25-18(16)20)22-19(24)21-15-7-10-23(11-8-15)13-14-5-3-4-6-14/h14-18H,3-13H2,1-2H3,(H2,21,22,24). The summed E-state index contributed by atoms with van der Waals surface area (Å²) in [6.07, 6.45) is 9.27. The Morgan fingerprint density at radius 1 is 1.08 bits per heavy atom. The molecule has 0 aromatic rings. The van der Waals surface area contributed by atoms with Gasteiger partial charge in [-0.15, -0.1) is 0 Å². The molecule has 2 N–H and O–H groups in total. The molecule has 0 radical (unpaired) electrons. The molecular weight excluding hydrogens is 314 g/mol. The van der Waals surface area contributed by atoms with Gasteiger partial charge in [0.05, 0.1) is 6.10 Å². The molecule has 25 heavy (non-hydrogen) atoms. The summed E-state index contributed by atoms with van der Waals surface area (Å²) in [5, 5.41) is 6.48. The molecule has 2 heterocycles. The van der Waals surface area contributed by atoms with Crippen LogP contribution in [0.3, 0.4) is 0 Å². The Labute approximate surface area is 152 Å². The van der Waals surface area contributed by atoms with Crippen molar-refractivity contribution in [3.63, 3.8) is 0 Å². The number of amides is 2. The first kappa shape index (κ1) is 17.6. The van der Waals surface area contributed by atoms with E-state index in [1.165, 1.54) is 32.2 Å². The average molecular weight is 350 g/mol. The predicted octanol–water partition coefficient (Wildman–Crippen LogP) is 2.75. The number of piperidine rings is 1. The van der Waals surface area contributed by atoms with Gasteiger partial charge >= 0.3 is 6.03 Å². The molecule has 4 rings (SSSR count). The number of carbonyl (C=O) groups excluding carboxylic acids is 1. The smallest absolute Gasteiger partial charge is 0.315 e. The summed E-state index contributed by atoms with van der Waals surface area (Å²) >= 11 is 0. The van der Waals surface area contributed by atoms with Gasteiger partial charge in [-0.2, -0.15) is 0 Å². The van der Waals surface area contributed by atoms with Gasteiger partial charge in [0.2, 0.25) is 0 Å². The maximum absolute atomic E-state index is 12.5. The summed E-state index contributed by atoms with van der Waals surface area (Å²) in [7, 11) is 0. The van der Waals surface area contributed by atoms with E-state index in [1.54, 1.807) is 0 Å². The fraction of sp³-hybridized carbons (Fsp3) is 0.950. The van der Waals surface area contributed by atoms with Gasteiger partial charge in [-0.25, -0.2) is 4.79 Å². The quantitative estimate of drug-likeness (QED) is 0.820. The number of nitrogens with zero attached hydrogens (tertiary/aromatic N) is 1. The van der Waals surface area contributed by atoms with Crippen molar-refractivity contribution in [2.75, 3.05) is 26.2 Å². The Kier molecular flexibility index (Phi) is 4.98. The second-order valence-corrected chi connectivity index (χ2v) is 9.39. The minimum atomic E-state index is 0.0256. The molecule has 3 atom stereocenters. The summed E-state index contributed by atoms with van der Waals surface area (Å²) < 4.78 is 5.82. The van der Waals surface area contributed by atoms with Crippen LogP contribution < -0.4 is 10.6 Å². The van der Waals surface area contributed by atoms with E-state index in [0.717, 1.165) is 44.9 Å². The van der Waals surface area contributed by atoms with Crippen molar-refractivity contribution in [1.29, 1.82) is 0 Å². The van der Waals surface area contributed by atoms with Gasteiger partial charge in [-0.1, -0.05) is 26.7 Å². The monoisotopic (exact) mass is 349 g/mol. The Morgan fingerprint density at radius 2 is 1.80 bits per heavy atom. The zero-order valence-electron chi connectivity index (χ0n) is 15.9. The lowest BCUT2D eigenvalue weighted by Crippen LogP contribution is -2.68. The van der Waals surface area contributed by atoms with Crippen molar-refractivity contribution in [3.8, 4) is 0 Å². The molecule has 3 unspecified atom stereocenters. The lowest BCUT2D eigenvalue weighted by atomic mass is 9.57. The number of hydrogen-bond donors (Lipinski definition) is 2. The number of carbonyl (C=O) groups is 1. The molecule has 0 aromatic carbocycles. The second kappa shape index (κ2) is 7.07. The number of urea groups is 1. The van der Waals surface area contributed by atoms with Crippen LogP contribution in [0.15, 0.2) is 0 Å². The molecule has 2 aliphatic heterocycles. The summed E-state index contributed by atoms with van der Waals surface area (Å²) in [6.45, 7) is 8.82. The number of hydrogen-bond acceptors (Lipinski definition) is 3. The molecule has 0 aromatic heterocycles. The largest absolute Gasteiger partial charge is 0.377 e. The van der Waals surface area contributed by atoms with Crippen LogP contribution in [0.25, 0.3) is 0 Å². The highest BCUT2D eigenvalue weighted by Crippen LogP contribution is 2.52. The summed E-state index contributed by atoms with van der Waals surface area (Å²) in [5.74, 6) is 1.43. The molecule has 2 saturated carbocycles. The predicted molar refractivity (Wildman–Crippen MR) is 98.5 cm³/mol. The second-order valence-electron chi connectivity index (χ2n) is 9.39. The minimum Gasteiger partial charge on any atom is -0.377 e. The van der Waals surface area contributed by atoms with Gasteiger partial charge in [0.15, 0.2) is 0 Å². The zero-order valence-corrected chi connectivity index (χ0v) is 15.9. The van der Waals surface area contributed by atoms with E-state index in [-0.39, 0.29) is 17.5 Å². The van der Waals surface area contributed by atoms with Crippen LogP contribution in [0.4, 0.5) is 4.79 Å². The number of likely N-dealkylation sites (tertiary alicyclic amines) is 1. The third kappa shape index (κ3) is 3.55. The fourth-order valence-corrected chi connectivity index (χ4v) is 5.80. The molecule has 4 aliphatic rings. The first-order valence-corrected chi connectivity index (χ1v) is 10.4. The highest BCUT2D eigenvalue weighted by atomic mass is 16.5. The molecule has 2 saturated heterocycles. The summed E-state index contributed by atoms with van der Waals surface area (Å²) in [5.41, 5.74) is 0.0587. The van der Waals surface area contributed by atoms with Crippen molar-refractivity contribution in [1.82, 2.24) is 15.5 Å². The van der Waals surface area contributed by atoms with Crippen molar-refractivity contribution >= 4 is 6.03 Å². The number of nitrogens with one attached hydrogen (secondary N) is 2. The Bertz CT molecular complexity index is 481. The number of ether oxygens (including phenoxy) is 1. The normalized spacial score (nSPS) is 36.0. The molecule has 5 nitrogen and oxygen atoms in total. The number of rotatable bonds is 4. The van der Waals surface area contributed by atoms with Crippen LogP contribution in [0.5, 0.6) is 0 Å². The Morgan fingerprint density at radius 3 is 2.52 bits per heavy atom. The molecule has 142 valence electrons. The van der Waals surface area contributed by atoms with Crippen LogP contribution in [0.2, 0.25) is 0 Å². The van der Waals surface area contributed by atoms with Gasteiger partial charge < -0.3 is 20.3 Å². The SMILES string of the molecule is CC1(C)C(NC(=O)NC2CCN(CC3CCCC3)CC2)C2CCOC21. The molecular formula is C20H35N3O2. The fourth-order valence-electron chi connectivity index (χ4n) is 5.80. The molecule has 0 bridgehead atoms. The summed E-state index contributed by atoms with van der Waals surface area (Å²) in [6, 6.07) is 0.610. The van der Waals surface area contributed by atoms with Gasteiger partial charge in [-0.3, -0.25) is 0 Å². The minimum absolute atomic E-state index is 0.0256. The number of fused-ring (bicyclic) bond motifs is 1. The summed E-state index contributed by atoms with van der Waals surface area (Å²) in [4.78, 5) is 15.1. The third-order valence-corrected chi connectivity index (χ3v) is 7.30. The van der Waals surface area contributed by atoms with Crippen molar-refractivity contribution in [3.05, 3.63) is 0 Å². The molecule has 0 spiro atoms. The molecule has 4 fully saturated rings. The topological polar surface area (TPSA) is 53.6 Å². The van der Waals surface area contributed by atoms with Gasteiger partial charge in [0.1, 0.15) is 0 Å². The highest BCUT2D eigenvalue weighted by Gasteiger charge is 2.59. The van der Waals surface area contributed by atoms with E-state index < -0.39 is 0 Å². The molecule has 2 amide bonds. The van der Waals surface area contributed by atoms with Gasteiger partial charge in [0.25, 0.3) is 0 Å². The molecule has 5 heteroatoms. The van der Waals surface area contributed by atoms with Crippen molar-refractivity contribution in [2.45, 2.75) is 77.0 Å².